The zero-order valence-corrected chi connectivity index (χ0v) is 9.56. The molecule has 0 rings (SSSR count). The molecule has 6 heteroatoms. The SMILES string of the molecule is COC(=O)C(Cl)(CCl)C(C)(Cl)Cl. The molecule has 0 fully saturated rings. The van der Waals surface area contributed by atoms with E-state index in [0.717, 1.165) is 0 Å². The van der Waals surface area contributed by atoms with Gasteiger partial charge in [-0.15, -0.1) is 23.2 Å². The summed E-state index contributed by atoms with van der Waals surface area (Å²) in [5, 5.41) is 0. The molecule has 0 aliphatic rings. The van der Waals surface area contributed by atoms with Gasteiger partial charge in [-0.2, -0.15) is 0 Å². The number of carbonyl (C=O) groups is 1. The van der Waals surface area contributed by atoms with Crippen LogP contribution in [0.15, 0.2) is 0 Å². The lowest BCUT2D eigenvalue weighted by Gasteiger charge is -2.30. The maximum atomic E-state index is 11.1. The fourth-order valence-electron chi connectivity index (χ4n) is 0.513. The molecule has 0 saturated carbocycles. The number of halogens is 4. The van der Waals surface area contributed by atoms with Gasteiger partial charge in [0, 0.05) is 0 Å². The molecule has 12 heavy (non-hydrogen) atoms. The van der Waals surface area contributed by atoms with Crippen LogP contribution in [0.1, 0.15) is 6.92 Å². The van der Waals surface area contributed by atoms with Crippen LogP contribution >= 0.6 is 46.4 Å². The molecule has 0 bridgehead atoms. The van der Waals surface area contributed by atoms with Crippen molar-refractivity contribution in [1.29, 1.82) is 0 Å². The van der Waals surface area contributed by atoms with Crippen LogP contribution in [0.2, 0.25) is 0 Å². The second kappa shape index (κ2) is 4.23. The molecule has 2 nitrogen and oxygen atoms in total. The Labute approximate surface area is 91.1 Å². The van der Waals surface area contributed by atoms with Gasteiger partial charge in [0.05, 0.1) is 13.0 Å². The van der Waals surface area contributed by atoms with E-state index in [4.69, 9.17) is 46.4 Å². The third-order valence-electron chi connectivity index (χ3n) is 1.39. The van der Waals surface area contributed by atoms with Crippen LogP contribution < -0.4 is 0 Å². The largest absolute Gasteiger partial charge is 0.468 e. The molecule has 0 heterocycles. The number of alkyl halides is 4. The summed E-state index contributed by atoms with van der Waals surface area (Å²) in [5.41, 5.74) is 0. The first-order chi connectivity index (χ1) is 5.29. The van der Waals surface area contributed by atoms with Crippen LogP contribution in [0.4, 0.5) is 0 Å². The van der Waals surface area contributed by atoms with Crippen LogP contribution in [-0.4, -0.2) is 28.2 Å². The van der Waals surface area contributed by atoms with Crippen LogP contribution in [0.5, 0.6) is 0 Å². The van der Waals surface area contributed by atoms with Gasteiger partial charge in [-0.05, 0) is 6.92 Å². The Morgan fingerprint density at radius 1 is 1.42 bits per heavy atom. The summed E-state index contributed by atoms with van der Waals surface area (Å²) in [5.74, 6) is -0.961. The molecule has 0 aliphatic carbocycles. The predicted molar refractivity (Wildman–Crippen MR) is 51.4 cm³/mol. The summed E-state index contributed by atoms with van der Waals surface area (Å²) in [4.78, 5) is 9.50. The fourth-order valence-corrected chi connectivity index (χ4v) is 1.39. The Morgan fingerprint density at radius 2 is 1.83 bits per heavy atom. The Balaban J connectivity index is 4.80. The van der Waals surface area contributed by atoms with Crippen molar-refractivity contribution in [1.82, 2.24) is 0 Å². The highest BCUT2D eigenvalue weighted by Crippen LogP contribution is 2.40. The first-order valence-electron chi connectivity index (χ1n) is 3.00. The number of methoxy groups -OCH3 is 1. The minimum atomic E-state index is -1.60. The highest BCUT2D eigenvalue weighted by molar-refractivity contribution is 6.57. The Morgan fingerprint density at radius 3 is 1.92 bits per heavy atom. The van der Waals surface area contributed by atoms with E-state index >= 15 is 0 Å². The van der Waals surface area contributed by atoms with E-state index in [2.05, 4.69) is 4.74 Å². The normalized spacial score (nSPS) is 16.8. The Kier molecular flexibility index (Phi) is 4.45. The minimum Gasteiger partial charge on any atom is -0.468 e. The molecular formula is C6H8Cl4O2. The van der Waals surface area contributed by atoms with Gasteiger partial charge < -0.3 is 4.74 Å². The predicted octanol–water partition coefficient (Wildman–Crippen LogP) is 2.57. The number of rotatable bonds is 3. The van der Waals surface area contributed by atoms with Crippen LogP contribution in [0.25, 0.3) is 0 Å². The number of carbonyl (C=O) groups excluding carboxylic acids is 1. The van der Waals surface area contributed by atoms with Gasteiger partial charge in [-0.3, -0.25) is 0 Å². The van der Waals surface area contributed by atoms with Crippen molar-refractivity contribution in [3.8, 4) is 0 Å². The summed E-state index contributed by atoms with van der Waals surface area (Å²) in [7, 11) is 1.19. The van der Waals surface area contributed by atoms with E-state index in [9.17, 15) is 4.79 Å². The van der Waals surface area contributed by atoms with Crippen molar-refractivity contribution in [3.05, 3.63) is 0 Å². The summed E-state index contributed by atoms with van der Waals surface area (Å²) < 4.78 is 2.94. The van der Waals surface area contributed by atoms with Gasteiger partial charge in [0.15, 0.2) is 4.87 Å². The molecule has 0 amide bonds. The zero-order chi connectivity index (χ0) is 9.99. The van der Waals surface area contributed by atoms with Crippen LogP contribution in [0, 0.1) is 0 Å². The topological polar surface area (TPSA) is 26.3 Å². The molecule has 0 N–H and O–H groups in total. The molecule has 72 valence electrons. The standard InChI is InChI=1S/C6H8Cl4O2/c1-5(8,9)6(10,3-7)4(11)12-2/h3H2,1-2H3. The summed E-state index contributed by atoms with van der Waals surface area (Å²) in [6.07, 6.45) is 0. The third-order valence-corrected chi connectivity index (χ3v) is 3.43. The quantitative estimate of drug-likeness (QED) is 0.571. The molecular weight excluding hydrogens is 246 g/mol. The smallest absolute Gasteiger partial charge is 0.331 e. The zero-order valence-electron chi connectivity index (χ0n) is 6.54. The van der Waals surface area contributed by atoms with Gasteiger partial charge in [0.25, 0.3) is 0 Å². The Hall–Kier alpha value is 0.630. The van der Waals surface area contributed by atoms with Crippen molar-refractivity contribution in [3.63, 3.8) is 0 Å². The highest BCUT2D eigenvalue weighted by atomic mass is 35.5. The monoisotopic (exact) mass is 252 g/mol. The summed E-state index contributed by atoms with van der Waals surface area (Å²) in [6, 6.07) is 0. The number of hydrogen-bond donors (Lipinski definition) is 0. The number of hydrogen-bond acceptors (Lipinski definition) is 2. The molecule has 0 aromatic heterocycles. The van der Waals surface area contributed by atoms with Gasteiger partial charge >= 0.3 is 5.97 Å². The van der Waals surface area contributed by atoms with Gasteiger partial charge in [-0.1, -0.05) is 23.2 Å². The maximum absolute atomic E-state index is 11.1. The third kappa shape index (κ3) is 2.32. The van der Waals surface area contributed by atoms with E-state index in [1.54, 1.807) is 0 Å². The van der Waals surface area contributed by atoms with Crippen molar-refractivity contribution in [2.45, 2.75) is 16.1 Å². The lowest BCUT2D eigenvalue weighted by atomic mass is 10.1. The second-order valence-corrected chi connectivity index (χ2v) is 4.93. The van der Waals surface area contributed by atoms with Crippen molar-refractivity contribution in [2.75, 3.05) is 13.0 Å². The number of ether oxygens (including phenoxy) is 1. The first-order valence-corrected chi connectivity index (χ1v) is 4.67. The molecule has 1 atom stereocenters. The van der Waals surface area contributed by atoms with E-state index in [0.29, 0.717) is 0 Å². The lowest BCUT2D eigenvalue weighted by molar-refractivity contribution is -0.143. The van der Waals surface area contributed by atoms with Crippen molar-refractivity contribution >= 4 is 52.4 Å². The molecule has 0 radical (unpaired) electrons. The molecule has 0 aromatic carbocycles. The molecule has 0 aromatic rings. The second-order valence-electron chi connectivity index (χ2n) is 2.31. The van der Waals surface area contributed by atoms with E-state index in [1.165, 1.54) is 14.0 Å². The average molecular weight is 254 g/mol. The van der Waals surface area contributed by atoms with E-state index in [1.807, 2.05) is 0 Å². The van der Waals surface area contributed by atoms with E-state index < -0.39 is 15.2 Å². The maximum Gasteiger partial charge on any atom is 0.331 e. The number of esters is 1. The minimum absolute atomic E-state index is 0.218. The van der Waals surface area contributed by atoms with Crippen molar-refractivity contribution in [2.24, 2.45) is 0 Å². The Bertz CT molecular complexity index is 177. The van der Waals surface area contributed by atoms with Gasteiger partial charge in [-0.25, -0.2) is 4.79 Å². The average Bonchev–Trinajstić information content (AvgIpc) is 1.99. The molecule has 0 aliphatic heterocycles. The summed E-state index contributed by atoms with van der Waals surface area (Å²) >= 11 is 22.6. The van der Waals surface area contributed by atoms with Crippen LogP contribution in [0.3, 0.4) is 0 Å². The molecule has 1 unspecified atom stereocenters. The van der Waals surface area contributed by atoms with Gasteiger partial charge in [0.1, 0.15) is 4.33 Å². The fraction of sp³-hybridized carbons (Fsp3) is 0.833. The first kappa shape index (κ1) is 12.6. The van der Waals surface area contributed by atoms with E-state index in [-0.39, 0.29) is 5.88 Å². The van der Waals surface area contributed by atoms with Crippen molar-refractivity contribution < 1.29 is 9.53 Å². The van der Waals surface area contributed by atoms with Crippen LogP contribution in [-0.2, 0) is 9.53 Å². The molecule has 0 saturated heterocycles. The summed E-state index contributed by atoms with van der Waals surface area (Å²) in [6.45, 7) is 1.38. The molecule has 0 spiro atoms. The van der Waals surface area contributed by atoms with Gasteiger partial charge in [0.2, 0.25) is 0 Å². The lowest BCUT2D eigenvalue weighted by Crippen LogP contribution is -2.48. The highest BCUT2D eigenvalue weighted by Gasteiger charge is 2.51.